The van der Waals surface area contributed by atoms with Crippen LogP contribution in [0.4, 0.5) is 0 Å². The summed E-state index contributed by atoms with van der Waals surface area (Å²) in [6, 6.07) is 0.587. The number of hydrogen-bond donors (Lipinski definition) is 1. The van der Waals surface area contributed by atoms with Gasteiger partial charge in [-0.05, 0) is 26.4 Å². The zero-order valence-corrected chi connectivity index (χ0v) is 10.9. The summed E-state index contributed by atoms with van der Waals surface area (Å²) < 4.78 is 5.55. The first-order valence-electron chi connectivity index (χ1n) is 6.55. The number of oxazole rings is 1. The standard InChI is InChI=1S/C13H23N3O/c1-10(8-14)12-9-17-13(15-12)7-11-5-3-4-6-16(11)2/h9-11H,3-8,14H2,1-2H3. The molecule has 0 bridgehead atoms. The number of nitrogens with zero attached hydrogens (tertiary/aromatic N) is 2. The smallest absolute Gasteiger partial charge is 0.195 e. The van der Waals surface area contributed by atoms with Gasteiger partial charge in [-0.25, -0.2) is 4.98 Å². The number of likely N-dealkylation sites (N-methyl/N-ethyl adjacent to an activating group) is 1. The molecule has 2 heterocycles. The minimum absolute atomic E-state index is 0.289. The van der Waals surface area contributed by atoms with Crippen LogP contribution < -0.4 is 5.73 Å². The molecule has 2 N–H and O–H groups in total. The van der Waals surface area contributed by atoms with Crippen LogP contribution in [0.15, 0.2) is 10.7 Å². The molecule has 4 nitrogen and oxygen atoms in total. The first-order chi connectivity index (χ1) is 8.20. The number of aromatic nitrogens is 1. The highest BCUT2D eigenvalue weighted by molar-refractivity contribution is 5.04. The van der Waals surface area contributed by atoms with Crippen molar-refractivity contribution in [3.05, 3.63) is 17.8 Å². The molecule has 0 saturated carbocycles. The third kappa shape index (κ3) is 3.07. The molecule has 1 aliphatic heterocycles. The summed E-state index contributed by atoms with van der Waals surface area (Å²) in [5.41, 5.74) is 6.62. The number of likely N-dealkylation sites (tertiary alicyclic amines) is 1. The molecule has 1 saturated heterocycles. The molecule has 2 unspecified atom stereocenters. The monoisotopic (exact) mass is 237 g/mol. The summed E-state index contributed by atoms with van der Waals surface area (Å²) in [6.45, 7) is 3.89. The van der Waals surface area contributed by atoms with Crippen molar-refractivity contribution in [1.29, 1.82) is 0 Å². The molecule has 1 aromatic rings. The highest BCUT2D eigenvalue weighted by Gasteiger charge is 2.21. The molecule has 0 radical (unpaired) electrons. The maximum atomic E-state index is 5.63. The summed E-state index contributed by atoms with van der Waals surface area (Å²) in [5, 5.41) is 0. The molecule has 0 spiro atoms. The van der Waals surface area contributed by atoms with E-state index in [2.05, 4.69) is 23.9 Å². The lowest BCUT2D eigenvalue weighted by molar-refractivity contribution is 0.177. The molecule has 0 amide bonds. The Labute approximate surface area is 103 Å². The van der Waals surface area contributed by atoms with Crippen LogP contribution in [0.1, 0.15) is 43.7 Å². The maximum absolute atomic E-state index is 5.63. The van der Waals surface area contributed by atoms with Crippen molar-refractivity contribution in [2.75, 3.05) is 20.1 Å². The van der Waals surface area contributed by atoms with Crippen LogP contribution in [0.2, 0.25) is 0 Å². The fraction of sp³-hybridized carbons (Fsp3) is 0.769. The highest BCUT2D eigenvalue weighted by atomic mass is 16.3. The van der Waals surface area contributed by atoms with Crippen LogP contribution in [-0.4, -0.2) is 36.1 Å². The van der Waals surface area contributed by atoms with E-state index in [1.807, 2.05) is 0 Å². The Balaban J connectivity index is 1.96. The van der Waals surface area contributed by atoms with E-state index in [-0.39, 0.29) is 5.92 Å². The lowest BCUT2D eigenvalue weighted by Crippen LogP contribution is -2.37. The van der Waals surface area contributed by atoms with Crippen molar-refractivity contribution in [2.24, 2.45) is 5.73 Å². The Bertz CT molecular complexity index is 350. The highest BCUT2D eigenvalue weighted by Crippen LogP contribution is 2.20. The summed E-state index contributed by atoms with van der Waals surface area (Å²) in [4.78, 5) is 6.95. The van der Waals surface area contributed by atoms with Gasteiger partial charge in [-0.15, -0.1) is 0 Å². The van der Waals surface area contributed by atoms with Crippen LogP contribution in [0.5, 0.6) is 0 Å². The second-order valence-corrected chi connectivity index (χ2v) is 5.14. The van der Waals surface area contributed by atoms with Gasteiger partial charge >= 0.3 is 0 Å². The van der Waals surface area contributed by atoms with Gasteiger partial charge in [0.15, 0.2) is 5.89 Å². The number of hydrogen-bond acceptors (Lipinski definition) is 4. The molecule has 4 heteroatoms. The van der Waals surface area contributed by atoms with Gasteiger partial charge in [0.25, 0.3) is 0 Å². The van der Waals surface area contributed by atoms with Gasteiger partial charge in [0.05, 0.1) is 5.69 Å². The summed E-state index contributed by atoms with van der Waals surface area (Å²) in [6.07, 6.45) is 6.57. The van der Waals surface area contributed by atoms with Gasteiger partial charge in [-0.2, -0.15) is 0 Å². The third-order valence-corrected chi connectivity index (χ3v) is 3.76. The summed E-state index contributed by atoms with van der Waals surface area (Å²) in [7, 11) is 2.19. The van der Waals surface area contributed by atoms with Crippen molar-refractivity contribution < 1.29 is 4.42 Å². The Kier molecular flexibility index (Phi) is 4.18. The molecular weight excluding hydrogens is 214 g/mol. The number of rotatable bonds is 4. The van der Waals surface area contributed by atoms with E-state index >= 15 is 0 Å². The Hall–Kier alpha value is -0.870. The van der Waals surface area contributed by atoms with E-state index in [0.29, 0.717) is 12.6 Å². The molecule has 1 aromatic heterocycles. The summed E-state index contributed by atoms with van der Waals surface area (Å²) in [5.74, 6) is 1.15. The zero-order chi connectivity index (χ0) is 12.3. The van der Waals surface area contributed by atoms with Crippen LogP contribution in [0.25, 0.3) is 0 Å². The Morgan fingerprint density at radius 2 is 2.41 bits per heavy atom. The molecule has 2 rings (SSSR count). The van der Waals surface area contributed by atoms with E-state index in [9.17, 15) is 0 Å². The maximum Gasteiger partial charge on any atom is 0.195 e. The van der Waals surface area contributed by atoms with Gasteiger partial charge in [0, 0.05) is 24.9 Å². The fourth-order valence-corrected chi connectivity index (χ4v) is 2.37. The lowest BCUT2D eigenvalue weighted by Gasteiger charge is -2.31. The van der Waals surface area contributed by atoms with Crippen LogP contribution in [-0.2, 0) is 6.42 Å². The van der Waals surface area contributed by atoms with Gasteiger partial charge < -0.3 is 15.1 Å². The van der Waals surface area contributed by atoms with E-state index in [1.54, 1.807) is 6.26 Å². The molecule has 0 aliphatic carbocycles. The second kappa shape index (κ2) is 5.65. The van der Waals surface area contributed by atoms with Gasteiger partial charge in [0.1, 0.15) is 6.26 Å². The third-order valence-electron chi connectivity index (χ3n) is 3.76. The van der Waals surface area contributed by atoms with Gasteiger partial charge in [0.2, 0.25) is 0 Å². The zero-order valence-electron chi connectivity index (χ0n) is 10.9. The molecule has 1 aliphatic rings. The quantitative estimate of drug-likeness (QED) is 0.867. The molecule has 96 valence electrons. The van der Waals surface area contributed by atoms with E-state index in [0.717, 1.165) is 18.0 Å². The Morgan fingerprint density at radius 3 is 3.12 bits per heavy atom. The average Bonchev–Trinajstić information content (AvgIpc) is 2.80. The average molecular weight is 237 g/mol. The van der Waals surface area contributed by atoms with Crippen LogP contribution >= 0.6 is 0 Å². The number of piperidine rings is 1. The van der Waals surface area contributed by atoms with Gasteiger partial charge in [-0.1, -0.05) is 13.3 Å². The largest absolute Gasteiger partial charge is 0.449 e. The normalized spacial score (nSPS) is 23.8. The molecular formula is C13H23N3O. The minimum Gasteiger partial charge on any atom is -0.449 e. The first kappa shape index (κ1) is 12.6. The van der Waals surface area contributed by atoms with E-state index in [4.69, 9.17) is 10.2 Å². The van der Waals surface area contributed by atoms with Crippen molar-refractivity contribution >= 4 is 0 Å². The van der Waals surface area contributed by atoms with E-state index in [1.165, 1.54) is 25.8 Å². The van der Waals surface area contributed by atoms with Crippen LogP contribution in [0, 0.1) is 0 Å². The molecule has 1 fully saturated rings. The van der Waals surface area contributed by atoms with Crippen LogP contribution in [0.3, 0.4) is 0 Å². The van der Waals surface area contributed by atoms with Crippen molar-refractivity contribution in [1.82, 2.24) is 9.88 Å². The topological polar surface area (TPSA) is 55.3 Å². The summed E-state index contributed by atoms with van der Waals surface area (Å²) >= 11 is 0. The van der Waals surface area contributed by atoms with Crippen molar-refractivity contribution in [2.45, 2.75) is 44.6 Å². The predicted molar refractivity (Wildman–Crippen MR) is 67.9 cm³/mol. The minimum atomic E-state index is 0.289. The van der Waals surface area contributed by atoms with E-state index < -0.39 is 0 Å². The lowest BCUT2D eigenvalue weighted by atomic mass is 10.0. The first-order valence-corrected chi connectivity index (χ1v) is 6.55. The molecule has 2 atom stereocenters. The van der Waals surface area contributed by atoms with Crippen molar-refractivity contribution in [3.63, 3.8) is 0 Å². The van der Waals surface area contributed by atoms with Gasteiger partial charge in [-0.3, -0.25) is 0 Å². The van der Waals surface area contributed by atoms with Crippen molar-refractivity contribution in [3.8, 4) is 0 Å². The molecule has 0 aromatic carbocycles. The second-order valence-electron chi connectivity index (χ2n) is 5.14. The number of nitrogens with two attached hydrogens (primary N) is 1. The fourth-order valence-electron chi connectivity index (χ4n) is 2.37. The predicted octanol–water partition coefficient (Wildman–Crippen LogP) is 1.76. The SMILES string of the molecule is CC(CN)c1coc(CC2CCCCN2C)n1. The Morgan fingerprint density at radius 1 is 1.59 bits per heavy atom. The molecule has 17 heavy (non-hydrogen) atoms.